The predicted octanol–water partition coefficient (Wildman–Crippen LogP) is 4.77. The average molecular weight is 412 g/mol. The van der Waals surface area contributed by atoms with Crippen LogP contribution in [-0.2, 0) is 13.0 Å². The van der Waals surface area contributed by atoms with Crippen molar-refractivity contribution in [1.82, 2.24) is 0 Å². The molecule has 1 aliphatic heterocycles. The lowest BCUT2D eigenvalue weighted by Crippen LogP contribution is -2.65. The quantitative estimate of drug-likeness (QED) is 0.533. The van der Waals surface area contributed by atoms with Crippen LogP contribution in [0.1, 0.15) is 61.8 Å². The molecule has 0 amide bonds. The molecule has 7 heteroatoms. The lowest BCUT2D eigenvalue weighted by Gasteiger charge is -2.52. The summed E-state index contributed by atoms with van der Waals surface area (Å²) >= 11 is 0. The average Bonchev–Trinajstić information content (AvgIpc) is 2.78. The SMILES string of the molecule is C=C1[C@H](O)C[C@@H]2O[Si](C(C)C)(C(C)C)O[Si](C(C)C)(C(C)C)OC[C@@]12C#N. The molecule has 1 saturated carbocycles. The second-order valence-electron chi connectivity index (χ2n) is 9.42. The number of hydrogen-bond donors (Lipinski definition) is 1. The zero-order chi connectivity index (χ0) is 20.8. The molecule has 1 heterocycles. The van der Waals surface area contributed by atoms with Gasteiger partial charge in [0.05, 0.1) is 24.9 Å². The first-order chi connectivity index (χ1) is 12.4. The molecule has 1 aliphatic carbocycles. The van der Waals surface area contributed by atoms with E-state index in [4.69, 9.17) is 13.0 Å². The molecule has 0 bridgehead atoms. The van der Waals surface area contributed by atoms with Gasteiger partial charge in [-0.1, -0.05) is 62.0 Å². The van der Waals surface area contributed by atoms with Crippen molar-refractivity contribution in [2.45, 2.75) is 96.2 Å². The van der Waals surface area contributed by atoms with Crippen LogP contribution in [0.15, 0.2) is 12.2 Å². The Morgan fingerprint density at radius 1 is 1.04 bits per heavy atom. The van der Waals surface area contributed by atoms with Gasteiger partial charge < -0.3 is 18.1 Å². The van der Waals surface area contributed by atoms with Gasteiger partial charge in [0.15, 0.2) is 0 Å². The molecule has 0 unspecified atom stereocenters. The molecule has 154 valence electrons. The summed E-state index contributed by atoms with van der Waals surface area (Å²) in [6.07, 6.45) is -0.796. The minimum Gasteiger partial charge on any atom is -0.414 e. The third-order valence-electron chi connectivity index (χ3n) is 6.55. The highest BCUT2D eigenvalue weighted by Crippen LogP contribution is 2.53. The summed E-state index contributed by atoms with van der Waals surface area (Å²) in [5, 5.41) is 20.7. The van der Waals surface area contributed by atoms with Gasteiger partial charge in [-0.05, 0) is 27.7 Å². The van der Waals surface area contributed by atoms with Gasteiger partial charge in [0.25, 0.3) is 0 Å². The second kappa shape index (κ2) is 7.73. The third-order valence-corrected chi connectivity index (χ3v) is 16.8. The van der Waals surface area contributed by atoms with E-state index in [2.05, 4.69) is 68.0 Å². The zero-order valence-corrected chi connectivity index (χ0v) is 20.2. The maximum Gasteiger partial charge on any atom is 0.335 e. The topological polar surface area (TPSA) is 71.7 Å². The van der Waals surface area contributed by atoms with Gasteiger partial charge in [0.2, 0.25) is 0 Å². The van der Waals surface area contributed by atoms with Crippen molar-refractivity contribution in [3.8, 4) is 6.07 Å². The lowest BCUT2D eigenvalue weighted by atomic mass is 9.83. The molecule has 2 fully saturated rings. The molecule has 1 N–H and O–H groups in total. The molecule has 0 aromatic rings. The van der Waals surface area contributed by atoms with Crippen molar-refractivity contribution in [3.63, 3.8) is 0 Å². The van der Waals surface area contributed by atoms with E-state index in [9.17, 15) is 10.4 Å². The summed E-state index contributed by atoms with van der Waals surface area (Å²) in [5.74, 6) is 0. The molecule has 2 rings (SSSR count). The van der Waals surface area contributed by atoms with E-state index in [1.165, 1.54) is 0 Å². The van der Waals surface area contributed by atoms with Crippen LogP contribution in [0, 0.1) is 16.7 Å². The minimum absolute atomic E-state index is 0.188. The summed E-state index contributed by atoms with van der Waals surface area (Å²) in [5.41, 5.74) is 0.363. The first-order valence-corrected chi connectivity index (χ1v) is 14.1. The lowest BCUT2D eigenvalue weighted by molar-refractivity contribution is 0.0152. The second-order valence-corrected chi connectivity index (χ2v) is 18.3. The molecule has 5 nitrogen and oxygen atoms in total. The van der Waals surface area contributed by atoms with E-state index >= 15 is 0 Å². The van der Waals surface area contributed by atoms with Gasteiger partial charge in [0.1, 0.15) is 5.41 Å². The van der Waals surface area contributed by atoms with Crippen molar-refractivity contribution in [3.05, 3.63) is 12.2 Å². The number of fused-ring (bicyclic) bond motifs is 1. The summed E-state index contributed by atoms with van der Waals surface area (Å²) in [6, 6.07) is 2.44. The van der Waals surface area contributed by atoms with E-state index in [1.807, 2.05) is 0 Å². The fourth-order valence-electron chi connectivity index (χ4n) is 4.72. The number of nitrogens with zero attached hydrogens (tertiary/aromatic N) is 1. The predicted molar refractivity (Wildman–Crippen MR) is 112 cm³/mol. The third kappa shape index (κ3) is 3.39. The van der Waals surface area contributed by atoms with E-state index in [0.29, 0.717) is 12.0 Å². The van der Waals surface area contributed by atoms with Crippen LogP contribution < -0.4 is 0 Å². The Morgan fingerprint density at radius 3 is 1.93 bits per heavy atom. The molecule has 27 heavy (non-hydrogen) atoms. The molecule has 0 aromatic carbocycles. The van der Waals surface area contributed by atoms with Crippen LogP contribution in [0.3, 0.4) is 0 Å². The Hall–Kier alpha value is -0.496. The van der Waals surface area contributed by atoms with Gasteiger partial charge in [-0.3, -0.25) is 0 Å². The van der Waals surface area contributed by atoms with Crippen molar-refractivity contribution < 1.29 is 18.1 Å². The molecule has 0 spiro atoms. The number of aliphatic hydroxyl groups excluding tert-OH is 1. The Balaban J connectivity index is 2.70. The maximum absolute atomic E-state index is 10.5. The van der Waals surface area contributed by atoms with E-state index in [0.717, 1.165) is 0 Å². The number of nitriles is 1. The summed E-state index contributed by atoms with van der Waals surface area (Å²) in [6.45, 7) is 21.5. The normalized spacial score (nSPS) is 33.3. The molecule has 2 aliphatic rings. The summed E-state index contributed by atoms with van der Waals surface area (Å²) in [7, 11) is -5.45. The van der Waals surface area contributed by atoms with Crippen LogP contribution in [0.4, 0.5) is 0 Å². The van der Waals surface area contributed by atoms with Crippen LogP contribution in [-0.4, -0.2) is 41.0 Å². The Morgan fingerprint density at radius 2 is 1.52 bits per heavy atom. The summed E-state index contributed by atoms with van der Waals surface area (Å²) in [4.78, 5) is 0. The van der Waals surface area contributed by atoms with Gasteiger partial charge in [-0.15, -0.1) is 0 Å². The van der Waals surface area contributed by atoms with Gasteiger partial charge in [-0.2, -0.15) is 5.26 Å². The molecule has 0 aromatic heterocycles. The first-order valence-electron chi connectivity index (χ1n) is 10.2. The number of aliphatic hydroxyl groups is 1. The molecular formula is C20H37NO4Si2. The fraction of sp³-hybridized carbons (Fsp3) is 0.850. The largest absolute Gasteiger partial charge is 0.414 e. The molecule has 1 saturated heterocycles. The molecule has 0 radical (unpaired) electrons. The van der Waals surface area contributed by atoms with Crippen molar-refractivity contribution in [2.75, 3.05) is 6.61 Å². The molecule has 3 atom stereocenters. The highest BCUT2D eigenvalue weighted by Gasteiger charge is 2.64. The number of rotatable bonds is 4. The van der Waals surface area contributed by atoms with Crippen LogP contribution in [0.25, 0.3) is 0 Å². The van der Waals surface area contributed by atoms with Crippen molar-refractivity contribution in [1.29, 1.82) is 5.26 Å². The van der Waals surface area contributed by atoms with Crippen LogP contribution >= 0.6 is 0 Å². The van der Waals surface area contributed by atoms with E-state index < -0.39 is 34.7 Å². The first kappa shape index (κ1) is 22.8. The van der Waals surface area contributed by atoms with E-state index in [1.54, 1.807) is 0 Å². The van der Waals surface area contributed by atoms with Crippen molar-refractivity contribution >= 4 is 17.1 Å². The number of hydrogen-bond acceptors (Lipinski definition) is 5. The smallest absolute Gasteiger partial charge is 0.335 e. The molecular weight excluding hydrogens is 374 g/mol. The Bertz CT molecular complexity index is 598. The van der Waals surface area contributed by atoms with Gasteiger partial charge >= 0.3 is 17.1 Å². The van der Waals surface area contributed by atoms with Gasteiger partial charge in [0, 0.05) is 6.42 Å². The standard InChI is InChI=1S/C20H37NO4Si2/c1-13(2)26(14(3)4)23-12-20(11-21)17(9)18(22)10-19(20)24-27(25-26,15(5)6)16(7)8/h13-16,18-19,22H,9-10,12H2,1-8H3/t18-,19+,20+/m1/s1. The highest BCUT2D eigenvalue weighted by molar-refractivity contribution is 6.84. The van der Waals surface area contributed by atoms with Crippen LogP contribution in [0.5, 0.6) is 0 Å². The minimum atomic E-state index is -2.76. The summed E-state index contributed by atoms with van der Waals surface area (Å²) < 4.78 is 20.6. The fourth-order valence-corrected chi connectivity index (χ4v) is 16.0. The van der Waals surface area contributed by atoms with Crippen LogP contribution in [0.2, 0.25) is 22.2 Å². The van der Waals surface area contributed by atoms with E-state index in [-0.39, 0.29) is 28.8 Å². The Labute approximate surface area is 167 Å². The monoisotopic (exact) mass is 411 g/mol. The maximum atomic E-state index is 10.5. The Kier molecular flexibility index (Phi) is 6.53. The van der Waals surface area contributed by atoms with Crippen molar-refractivity contribution in [2.24, 2.45) is 5.41 Å². The highest BCUT2D eigenvalue weighted by atomic mass is 28.5. The van der Waals surface area contributed by atoms with Gasteiger partial charge in [-0.25, -0.2) is 0 Å². The zero-order valence-electron chi connectivity index (χ0n) is 18.2.